The predicted molar refractivity (Wildman–Crippen MR) is 72.5 cm³/mol. The van der Waals surface area contributed by atoms with Crippen LogP contribution < -0.4 is 8.92 Å². The van der Waals surface area contributed by atoms with Gasteiger partial charge in [-0.25, -0.2) is 0 Å². The first kappa shape index (κ1) is 12.1. The number of rotatable bonds is 4. The van der Waals surface area contributed by atoms with E-state index in [1.54, 1.807) is 0 Å². The summed E-state index contributed by atoms with van der Waals surface area (Å²) in [5.74, 6) is 0.212. The summed E-state index contributed by atoms with van der Waals surface area (Å²) in [6, 6.07) is 18.4. The van der Waals surface area contributed by atoms with Crippen molar-refractivity contribution in [2.75, 3.05) is 0 Å². The van der Waals surface area contributed by atoms with Gasteiger partial charge >= 0.3 is 108 Å². The number of ketones is 1. The molecule has 2 aromatic carbocycles. The molecule has 0 saturated carbocycles. The normalized spacial score (nSPS) is 10.2. The van der Waals surface area contributed by atoms with Crippen molar-refractivity contribution in [1.29, 1.82) is 0 Å². The Bertz CT molecular complexity index is 488. The molecule has 0 aliphatic rings. The summed E-state index contributed by atoms with van der Waals surface area (Å²) in [5.41, 5.74) is 0.820. The van der Waals surface area contributed by atoms with E-state index in [4.69, 9.17) is 0 Å². The molecule has 0 aromatic heterocycles. The molecule has 0 aliphatic carbocycles. The van der Waals surface area contributed by atoms with Crippen molar-refractivity contribution in [1.82, 2.24) is 0 Å². The van der Waals surface area contributed by atoms with E-state index in [2.05, 4.69) is 36.4 Å². The van der Waals surface area contributed by atoms with Crippen LogP contribution in [0.25, 0.3) is 0 Å². The van der Waals surface area contributed by atoms with Crippen LogP contribution in [0.15, 0.2) is 54.6 Å². The number of benzene rings is 2. The van der Waals surface area contributed by atoms with Crippen molar-refractivity contribution in [3.63, 3.8) is 0 Å². The molecule has 0 aliphatic heterocycles. The van der Waals surface area contributed by atoms with Crippen LogP contribution in [-0.4, -0.2) is 20.7 Å². The second-order valence-electron chi connectivity index (χ2n) is 3.72. The van der Waals surface area contributed by atoms with Gasteiger partial charge in [0.15, 0.2) is 0 Å². The average Bonchev–Trinajstić information content (AvgIpc) is 2.40. The standard InChI is InChI=1S/C15H14OSe/c1-2-15(16)12-8-10-14(11-9-12)17-13-6-4-3-5-7-13/h3-11H,2H2,1H3. The Balaban J connectivity index is 2.11. The summed E-state index contributed by atoms with van der Waals surface area (Å²) in [6.45, 7) is 1.89. The zero-order chi connectivity index (χ0) is 12.1. The molecule has 0 bridgehead atoms. The maximum atomic E-state index is 11.5. The van der Waals surface area contributed by atoms with Crippen LogP contribution in [0.2, 0.25) is 0 Å². The van der Waals surface area contributed by atoms with Gasteiger partial charge in [0.25, 0.3) is 0 Å². The van der Waals surface area contributed by atoms with Crippen molar-refractivity contribution in [2.45, 2.75) is 13.3 Å². The Morgan fingerprint density at radius 3 is 2.12 bits per heavy atom. The minimum absolute atomic E-state index is 0.212. The Labute approximate surface area is 108 Å². The van der Waals surface area contributed by atoms with E-state index in [9.17, 15) is 4.79 Å². The van der Waals surface area contributed by atoms with E-state index in [0.29, 0.717) is 21.4 Å². The molecule has 0 fully saturated rings. The second-order valence-corrected chi connectivity index (χ2v) is 6.12. The number of carbonyl (C=O) groups excluding carboxylic acids is 1. The molecule has 2 aromatic rings. The van der Waals surface area contributed by atoms with Gasteiger partial charge in [-0.05, 0) is 0 Å². The molecular formula is C15H14OSe. The van der Waals surface area contributed by atoms with Crippen LogP contribution in [0.3, 0.4) is 0 Å². The second kappa shape index (κ2) is 5.81. The Kier molecular flexibility index (Phi) is 4.13. The van der Waals surface area contributed by atoms with Gasteiger partial charge < -0.3 is 0 Å². The minimum atomic E-state index is 0.212. The van der Waals surface area contributed by atoms with Crippen molar-refractivity contribution in [2.24, 2.45) is 0 Å². The van der Waals surface area contributed by atoms with E-state index in [1.807, 2.05) is 25.1 Å². The molecule has 0 N–H and O–H groups in total. The van der Waals surface area contributed by atoms with Gasteiger partial charge in [0, 0.05) is 0 Å². The third-order valence-electron chi connectivity index (χ3n) is 2.48. The van der Waals surface area contributed by atoms with Crippen LogP contribution in [0.5, 0.6) is 0 Å². The molecule has 0 amide bonds. The summed E-state index contributed by atoms with van der Waals surface area (Å²) in [7, 11) is 0. The molecule has 2 heteroatoms. The SMILES string of the molecule is CCC(=O)c1ccc([Se]c2ccccc2)cc1. The van der Waals surface area contributed by atoms with Gasteiger partial charge in [0.05, 0.1) is 0 Å². The molecule has 0 heterocycles. The van der Waals surface area contributed by atoms with E-state index in [1.165, 1.54) is 8.92 Å². The fourth-order valence-electron chi connectivity index (χ4n) is 1.54. The molecule has 0 spiro atoms. The molecule has 0 radical (unpaired) electrons. The number of Topliss-reactive ketones (excluding diaryl/α,β-unsaturated/α-hetero) is 1. The topological polar surface area (TPSA) is 17.1 Å². The van der Waals surface area contributed by atoms with Crippen LogP contribution in [0.1, 0.15) is 23.7 Å². The van der Waals surface area contributed by atoms with Crippen molar-refractivity contribution >= 4 is 29.7 Å². The van der Waals surface area contributed by atoms with Crippen LogP contribution >= 0.6 is 0 Å². The molecule has 86 valence electrons. The fraction of sp³-hybridized carbons (Fsp3) is 0.133. The van der Waals surface area contributed by atoms with Crippen molar-refractivity contribution < 1.29 is 4.79 Å². The van der Waals surface area contributed by atoms with Crippen LogP contribution in [0, 0.1) is 0 Å². The van der Waals surface area contributed by atoms with Crippen molar-refractivity contribution in [3.8, 4) is 0 Å². The van der Waals surface area contributed by atoms with Gasteiger partial charge in [0.2, 0.25) is 0 Å². The molecular weight excluding hydrogens is 275 g/mol. The van der Waals surface area contributed by atoms with Crippen LogP contribution in [-0.2, 0) is 0 Å². The van der Waals surface area contributed by atoms with E-state index in [0.717, 1.165) is 5.56 Å². The monoisotopic (exact) mass is 290 g/mol. The molecule has 0 atom stereocenters. The molecule has 1 nitrogen and oxygen atoms in total. The Morgan fingerprint density at radius 2 is 1.53 bits per heavy atom. The van der Waals surface area contributed by atoms with Crippen molar-refractivity contribution in [3.05, 3.63) is 60.2 Å². The van der Waals surface area contributed by atoms with Gasteiger partial charge in [-0.1, -0.05) is 0 Å². The number of hydrogen-bond donors (Lipinski definition) is 0. The molecule has 0 saturated heterocycles. The van der Waals surface area contributed by atoms with E-state index in [-0.39, 0.29) is 5.78 Å². The summed E-state index contributed by atoms with van der Waals surface area (Å²) >= 11 is 0.328. The fourth-order valence-corrected chi connectivity index (χ4v) is 3.29. The van der Waals surface area contributed by atoms with Crippen LogP contribution in [0.4, 0.5) is 0 Å². The zero-order valence-electron chi connectivity index (χ0n) is 9.72. The zero-order valence-corrected chi connectivity index (χ0v) is 11.4. The summed E-state index contributed by atoms with van der Waals surface area (Å²) in [4.78, 5) is 11.5. The average molecular weight is 289 g/mol. The summed E-state index contributed by atoms with van der Waals surface area (Å²) < 4.78 is 2.66. The molecule has 2 rings (SSSR count). The van der Waals surface area contributed by atoms with Gasteiger partial charge in [-0.15, -0.1) is 0 Å². The predicted octanol–water partition coefficient (Wildman–Crippen LogP) is 1.93. The van der Waals surface area contributed by atoms with Gasteiger partial charge in [-0.3, -0.25) is 0 Å². The summed E-state index contributed by atoms with van der Waals surface area (Å²) in [5, 5.41) is 0. The Morgan fingerprint density at radius 1 is 0.941 bits per heavy atom. The molecule has 0 unspecified atom stereocenters. The molecule has 17 heavy (non-hydrogen) atoms. The number of hydrogen-bond acceptors (Lipinski definition) is 1. The van der Waals surface area contributed by atoms with E-state index < -0.39 is 0 Å². The first-order chi connectivity index (χ1) is 8.29. The van der Waals surface area contributed by atoms with E-state index >= 15 is 0 Å². The third kappa shape index (κ3) is 3.29. The number of carbonyl (C=O) groups is 1. The summed E-state index contributed by atoms with van der Waals surface area (Å²) in [6.07, 6.45) is 0.573. The van der Waals surface area contributed by atoms with Gasteiger partial charge in [0.1, 0.15) is 0 Å². The Hall–Kier alpha value is -1.37. The maximum absolute atomic E-state index is 11.5. The third-order valence-corrected chi connectivity index (χ3v) is 4.61. The first-order valence-corrected chi connectivity index (χ1v) is 7.37. The quantitative estimate of drug-likeness (QED) is 0.621. The van der Waals surface area contributed by atoms with Gasteiger partial charge in [-0.2, -0.15) is 0 Å². The first-order valence-electron chi connectivity index (χ1n) is 5.66.